The molecule has 0 bridgehead atoms. The van der Waals surface area contributed by atoms with Gasteiger partial charge in [0.05, 0.1) is 0 Å². The minimum absolute atomic E-state index is 0.738. The molecule has 1 aliphatic heterocycles. The van der Waals surface area contributed by atoms with Gasteiger partial charge in [0.15, 0.2) is 0 Å². The molecule has 2 nitrogen and oxygen atoms in total. The lowest BCUT2D eigenvalue weighted by Crippen LogP contribution is -2.34. The second-order valence-electron chi connectivity index (χ2n) is 4.15. The molecule has 1 heterocycles. The Morgan fingerprint density at radius 2 is 2.17 bits per heavy atom. The Balaban J connectivity index is 2.35. The van der Waals surface area contributed by atoms with Crippen molar-refractivity contribution in [3.63, 3.8) is 0 Å². The fourth-order valence-electron chi connectivity index (χ4n) is 1.97. The SMILES string of the molecule is CCN1CCC(C(C)N(C)C)C1. The Kier molecular flexibility index (Phi) is 3.53. The monoisotopic (exact) mass is 170 g/mol. The molecule has 0 aliphatic carbocycles. The van der Waals surface area contributed by atoms with Gasteiger partial charge in [0, 0.05) is 12.6 Å². The number of hydrogen-bond donors (Lipinski definition) is 0. The fraction of sp³-hybridized carbons (Fsp3) is 1.00. The number of nitrogens with zero attached hydrogens (tertiary/aromatic N) is 2. The smallest absolute Gasteiger partial charge is 0.0102 e. The van der Waals surface area contributed by atoms with Crippen LogP contribution in [0.25, 0.3) is 0 Å². The van der Waals surface area contributed by atoms with E-state index in [-0.39, 0.29) is 0 Å². The first-order valence-electron chi connectivity index (χ1n) is 5.04. The van der Waals surface area contributed by atoms with Crippen molar-refractivity contribution in [3.8, 4) is 0 Å². The molecule has 0 N–H and O–H groups in total. The van der Waals surface area contributed by atoms with Crippen molar-refractivity contribution in [2.45, 2.75) is 26.3 Å². The van der Waals surface area contributed by atoms with Crippen molar-refractivity contribution in [2.24, 2.45) is 5.92 Å². The maximum absolute atomic E-state index is 2.55. The highest BCUT2D eigenvalue weighted by atomic mass is 15.2. The summed E-state index contributed by atoms with van der Waals surface area (Å²) in [5.41, 5.74) is 0. The molecule has 1 aliphatic rings. The second-order valence-corrected chi connectivity index (χ2v) is 4.15. The van der Waals surface area contributed by atoms with E-state index in [1.807, 2.05) is 0 Å². The van der Waals surface area contributed by atoms with Gasteiger partial charge >= 0.3 is 0 Å². The lowest BCUT2D eigenvalue weighted by Gasteiger charge is -2.26. The predicted molar refractivity (Wildman–Crippen MR) is 53.4 cm³/mol. The van der Waals surface area contributed by atoms with Gasteiger partial charge in [-0.1, -0.05) is 6.92 Å². The zero-order valence-electron chi connectivity index (χ0n) is 8.88. The third kappa shape index (κ3) is 2.20. The van der Waals surface area contributed by atoms with Crippen LogP contribution in [0.1, 0.15) is 20.3 Å². The topological polar surface area (TPSA) is 6.48 Å². The van der Waals surface area contributed by atoms with Crippen molar-refractivity contribution in [2.75, 3.05) is 33.7 Å². The van der Waals surface area contributed by atoms with Gasteiger partial charge in [-0.3, -0.25) is 0 Å². The molecule has 0 saturated carbocycles. The first-order valence-corrected chi connectivity index (χ1v) is 5.04. The highest BCUT2D eigenvalue weighted by Gasteiger charge is 2.26. The number of rotatable bonds is 3. The largest absolute Gasteiger partial charge is 0.306 e. The lowest BCUT2D eigenvalue weighted by atomic mass is 10.00. The van der Waals surface area contributed by atoms with Gasteiger partial charge in [0.1, 0.15) is 0 Å². The van der Waals surface area contributed by atoms with Gasteiger partial charge < -0.3 is 9.80 Å². The van der Waals surface area contributed by atoms with Crippen LogP contribution in [0.3, 0.4) is 0 Å². The van der Waals surface area contributed by atoms with E-state index in [0.29, 0.717) is 0 Å². The Morgan fingerprint density at radius 1 is 1.50 bits per heavy atom. The predicted octanol–water partition coefficient (Wildman–Crippen LogP) is 1.28. The molecule has 1 saturated heterocycles. The molecule has 0 aromatic heterocycles. The number of likely N-dealkylation sites (tertiary alicyclic amines) is 1. The maximum Gasteiger partial charge on any atom is 0.0102 e. The van der Waals surface area contributed by atoms with Gasteiger partial charge in [0.25, 0.3) is 0 Å². The molecule has 2 atom stereocenters. The van der Waals surface area contributed by atoms with Crippen molar-refractivity contribution in [3.05, 3.63) is 0 Å². The Morgan fingerprint density at radius 3 is 2.58 bits per heavy atom. The maximum atomic E-state index is 2.55. The van der Waals surface area contributed by atoms with Gasteiger partial charge in [-0.05, 0) is 46.4 Å². The van der Waals surface area contributed by atoms with Crippen LogP contribution in [0.5, 0.6) is 0 Å². The summed E-state index contributed by atoms with van der Waals surface area (Å²) in [5.74, 6) is 0.889. The van der Waals surface area contributed by atoms with E-state index in [4.69, 9.17) is 0 Å². The lowest BCUT2D eigenvalue weighted by molar-refractivity contribution is 0.222. The highest BCUT2D eigenvalue weighted by Crippen LogP contribution is 2.21. The van der Waals surface area contributed by atoms with Crippen LogP contribution in [0.4, 0.5) is 0 Å². The third-order valence-corrected chi connectivity index (χ3v) is 3.25. The molecule has 72 valence electrons. The van der Waals surface area contributed by atoms with E-state index in [1.54, 1.807) is 0 Å². The van der Waals surface area contributed by atoms with E-state index in [1.165, 1.54) is 26.1 Å². The van der Waals surface area contributed by atoms with E-state index in [2.05, 4.69) is 37.7 Å². The quantitative estimate of drug-likeness (QED) is 0.629. The first kappa shape index (κ1) is 10.0. The molecule has 0 aromatic rings. The summed E-state index contributed by atoms with van der Waals surface area (Å²) in [6.07, 6.45) is 1.38. The molecule has 2 unspecified atom stereocenters. The van der Waals surface area contributed by atoms with E-state index < -0.39 is 0 Å². The van der Waals surface area contributed by atoms with Crippen LogP contribution in [-0.4, -0.2) is 49.6 Å². The second kappa shape index (κ2) is 4.24. The van der Waals surface area contributed by atoms with Gasteiger partial charge in [0.2, 0.25) is 0 Å². The summed E-state index contributed by atoms with van der Waals surface area (Å²) in [6, 6.07) is 0.738. The molecule has 0 spiro atoms. The molecule has 0 radical (unpaired) electrons. The third-order valence-electron chi connectivity index (χ3n) is 3.25. The van der Waals surface area contributed by atoms with Crippen LogP contribution in [0, 0.1) is 5.92 Å². The van der Waals surface area contributed by atoms with Crippen molar-refractivity contribution < 1.29 is 0 Å². The molecule has 1 fully saturated rings. The van der Waals surface area contributed by atoms with Gasteiger partial charge in [-0.25, -0.2) is 0 Å². The fourth-order valence-corrected chi connectivity index (χ4v) is 1.97. The molecular weight excluding hydrogens is 148 g/mol. The average Bonchev–Trinajstić information content (AvgIpc) is 2.50. The van der Waals surface area contributed by atoms with Crippen molar-refractivity contribution in [1.82, 2.24) is 9.80 Å². The molecule has 2 heteroatoms. The van der Waals surface area contributed by atoms with Gasteiger partial charge in [-0.15, -0.1) is 0 Å². The van der Waals surface area contributed by atoms with E-state index >= 15 is 0 Å². The normalized spacial score (nSPS) is 28.2. The van der Waals surface area contributed by atoms with Crippen LogP contribution < -0.4 is 0 Å². The molecule has 1 rings (SSSR count). The summed E-state index contributed by atoms with van der Waals surface area (Å²) in [6.45, 7) is 8.42. The average molecular weight is 170 g/mol. The Bertz CT molecular complexity index is 134. The Labute approximate surface area is 76.5 Å². The summed E-state index contributed by atoms with van der Waals surface area (Å²) in [4.78, 5) is 4.88. The standard InChI is InChI=1S/C10H22N2/c1-5-12-7-6-10(8-12)9(2)11(3)4/h9-10H,5-8H2,1-4H3. The van der Waals surface area contributed by atoms with Crippen LogP contribution in [0.2, 0.25) is 0 Å². The van der Waals surface area contributed by atoms with E-state index in [9.17, 15) is 0 Å². The number of hydrogen-bond acceptors (Lipinski definition) is 2. The van der Waals surface area contributed by atoms with Crippen molar-refractivity contribution in [1.29, 1.82) is 0 Å². The molecule has 0 amide bonds. The van der Waals surface area contributed by atoms with E-state index in [0.717, 1.165) is 12.0 Å². The Hall–Kier alpha value is -0.0800. The van der Waals surface area contributed by atoms with Crippen LogP contribution in [0.15, 0.2) is 0 Å². The molecular formula is C10H22N2. The summed E-state index contributed by atoms with van der Waals surface area (Å²) < 4.78 is 0. The highest BCUT2D eigenvalue weighted by molar-refractivity contribution is 4.81. The minimum Gasteiger partial charge on any atom is -0.306 e. The summed E-state index contributed by atoms with van der Waals surface area (Å²) >= 11 is 0. The summed E-state index contributed by atoms with van der Waals surface area (Å²) in [7, 11) is 4.36. The summed E-state index contributed by atoms with van der Waals surface area (Å²) in [5, 5.41) is 0. The van der Waals surface area contributed by atoms with Crippen LogP contribution in [-0.2, 0) is 0 Å². The van der Waals surface area contributed by atoms with Crippen molar-refractivity contribution >= 4 is 0 Å². The molecule has 12 heavy (non-hydrogen) atoms. The zero-order valence-corrected chi connectivity index (χ0v) is 8.88. The zero-order chi connectivity index (χ0) is 9.14. The first-order chi connectivity index (χ1) is 5.65. The van der Waals surface area contributed by atoms with Crippen LogP contribution >= 0.6 is 0 Å². The molecule has 0 aromatic carbocycles. The van der Waals surface area contributed by atoms with Gasteiger partial charge in [-0.2, -0.15) is 0 Å². The minimum atomic E-state index is 0.738.